The first-order valence-corrected chi connectivity index (χ1v) is 13.2. The Labute approximate surface area is 261 Å². The molecule has 0 N–H and O–H groups in total. The van der Waals surface area contributed by atoms with Crippen LogP contribution >= 0.6 is 0 Å². The summed E-state index contributed by atoms with van der Waals surface area (Å²) < 4.78 is 40.8. The minimum atomic E-state index is -4.83. The van der Waals surface area contributed by atoms with E-state index in [1.165, 1.54) is 18.2 Å². The third kappa shape index (κ3) is 4.56. The SMILES string of the molecule is [C-]#[N+]C1=C(c2cc(C)cc(C)c2)/C(=C(/C#N)[N+]#[C-])c2cc3c(cc21)C(C#N)=C(c1ccc(C(F)(F)F)c(C#N)c1)/C3=C(\C#N)[N+]#[C-]. The van der Waals surface area contributed by atoms with Crippen molar-refractivity contribution in [3.8, 4) is 24.3 Å². The summed E-state index contributed by atoms with van der Waals surface area (Å²) in [5.74, 6) is 0. The Hall–Kier alpha value is -7.16. The smallest absolute Gasteiger partial charge is 0.237 e. The van der Waals surface area contributed by atoms with E-state index in [-0.39, 0.29) is 55.9 Å². The highest BCUT2D eigenvalue weighted by Gasteiger charge is 2.38. The van der Waals surface area contributed by atoms with Crippen molar-refractivity contribution in [1.82, 2.24) is 0 Å². The Bertz CT molecular complexity index is 2330. The molecule has 2 aliphatic carbocycles. The van der Waals surface area contributed by atoms with Gasteiger partial charge >= 0.3 is 6.18 Å². The molecule has 0 atom stereocenters. The monoisotopic (exact) mass is 601 g/mol. The summed E-state index contributed by atoms with van der Waals surface area (Å²) in [6, 6.07) is 18.6. The van der Waals surface area contributed by atoms with Crippen LogP contribution in [0.15, 0.2) is 59.9 Å². The predicted octanol–water partition coefficient (Wildman–Crippen LogP) is 8.75. The lowest BCUT2D eigenvalue weighted by Gasteiger charge is -2.14. The average Bonchev–Trinajstić information content (AvgIpc) is 3.52. The first-order valence-electron chi connectivity index (χ1n) is 13.2. The zero-order valence-corrected chi connectivity index (χ0v) is 23.9. The van der Waals surface area contributed by atoms with Gasteiger partial charge < -0.3 is 0 Å². The first kappa shape index (κ1) is 30.3. The second-order valence-electron chi connectivity index (χ2n) is 10.3. The lowest BCUT2D eigenvalue weighted by Crippen LogP contribution is -2.08. The van der Waals surface area contributed by atoms with Gasteiger partial charge in [-0.05, 0) is 82.1 Å². The Balaban J connectivity index is 1.93. The topological polar surface area (TPSA) is 108 Å². The number of aryl methyl sites for hydroxylation is 2. The molecule has 0 bridgehead atoms. The lowest BCUT2D eigenvalue weighted by atomic mass is 9.90. The van der Waals surface area contributed by atoms with E-state index in [0.29, 0.717) is 22.8 Å². The first-order chi connectivity index (χ1) is 22.0. The molecule has 0 amide bonds. The average molecular weight is 602 g/mol. The molecule has 3 aromatic rings. The zero-order chi connectivity index (χ0) is 33.5. The van der Waals surface area contributed by atoms with E-state index in [4.69, 9.17) is 19.7 Å². The van der Waals surface area contributed by atoms with E-state index < -0.39 is 23.0 Å². The molecule has 3 aromatic carbocycles. The molecule has 5 rings (SSSR count). The number of rotatable bonds is 2. The molecule has 0 fully saturated rings. The third-order valence-electron chi connectivity index (χ3n) is 7.58. The predicted molar refractivity (Wildman–Crippen MR) is 163 cm³/mol. The van der Waals surface area contributed by atoms with Crippen LogP contribution in [0.1, 0.15) is 55.6 Å². The summed E-state index contributed by atoms with van der Waals surface area (Å²) in [4.78, 5) is 10.5. The largest absolute Gasteiger partial charge is 0.417 e. The quantitative estimate of drug-likeness (QED) is 0.216. The molecule has 0 heterocycles. The van der Waals surface area contributed by atoms with Gasteiger partial charge in [0, 0.05) is 5.57 Å². The third-order valence-corrected chi connectivity index (χ3v) is 7.58. The summed E-state index contributed by atoms with van der Waals surface area (Å²) >= 11 is 0. The maximum atomic E-state index is 13.6. The highest BCUT2D eigenvalue weighted by molar-refractivity contribution is 6.29. The van der Waals surface area contributed by atoms with E-state index in [9.17, 15) is 34.2 Å². The van der Waals surface area contributed by atoms with Crippen LogP contribution in [0, 0.1) is 78.9 Å². The van der Waals surface area contributed by atoms with Crippen molar-refractivity contribution in [3.63, 3.8) is 0 Å². The van der Waals surface area contributed by atoms with Crippen molar-refractivity contribution >= 4 is 33.6 Å². The van der Waals surface area contributed by atoms with E-state index >= 15 is 0 Å². The molecule has 0 aromatic heterocycles. The van der Waals surface area contributed by atoms with Crippen LogP contribution in [0.4, 0.5) is 13.2 Å². The molecular formula is C36H14F3N7. The van der Waals surface area contributed by atoms with Crippen molar-refractivity contribution in [2.24, 2.45) is 0 Å². The van der Waals surface area contributed by atoms with Crippen LogP contribution in [-0.2, 0) is 6.18 Å². The van der Waals surface area contributed by atoms with Gasteiger partial charge in [-0.1, -0.05) is 41.5 Å². The van der Waals surface area contributed by atoms with Crippen molar-refractivity contribution in [2.45, 2.75) is 20.0 Å². The Morgan fingerprint density at radius 1 is 0.674 bits per heavy atom. The van der Waals surface area contributed by atoms with Gasteiger partial charge in [-0.25, -0.2) is 25.1 Å². The molecule has 214 valence electrons. The minimum Gasteiger partial charge on any atom is -0.237 e. The van der Waals surface area contributed by atoms with Gasteiger partial charge in [-0.2, -0.15) is 23.7 Å². The van der Waals surface area contributed by atoms with Crippen LogP contribution in [0.3, 0.4) is 0 Å². The maximum absolute atomic E-state index is 13.6. The molecule has 0 saturated carbocycles. The molecule has 0 radical (unpaired) electrons. The van der Waals surface area contributed by atoms with Crippen molar-refractivity contribution in [3.05, 3.63) is 150 Å². The molecule has 2 aliphatic rings. The number of nitrogens with zero attached hydrogens (tertiary/aromatic N) is 7. The molecule has 7 nitrogen and oxygen atoms in total. The lowest BCUT2D eigenvalue weighted by molar-refractivity contribution is -0.137. The van der Waals surface area contributed by atoms with Crippen LogP contribution < -0.4 is 0 Å². The van der Waals surface area contributed by atoms with Crippen molar-refractivity contribution < 1.29 is 13.2 Å². The van der Waals surface area contributed by atoms with Crippen molar-refractivity contribution in [1.29, 1.82) is 21.0 Å². The standard InChI is InChI=1S/C36H14F3N7/c1-18-8-19(2)10-21(9-18)32-34(30(17-43)45-4)25-13-24-23(12-26(25)35(32)46-5)27(15-41)31(33(24)29(16-42)44-3)20-6-7-28(36(37,38)39)22(11-20)14-40/h6-13H,1-2H3/b33-29+,34-30-. The van der Waals surface area contributed by atoms with Crippen LogP contribution in [0.25, 0.3) is 48.1 Å². The second-order valence-corrected chi connectivity index (χ2v) is 10.3. The summed E-state index contributed by atoms with van der Waals surface area (Å²) in [6.45, 7) is 27.3. The van der Waals surface area contributed by atoms with Crippen LogP contribution in [0.2, 0.25) is 0 Å². The second kappa shape index (κ2) is 11.2. The summed E-state index contributed by atoms with van der Waals surface area (Å²) in [5.41, 5.74) is 1.06. The number of alkyl halides is 3. The van der Waals surface area contributed by atoms with E-state index in [2.05, 4.69) is 14.5 Å². The van der Waals surface area contributed by atoms with E-state index in [1.54, 1.807) is 6.07 Å². The molecule has 0 unspecified atom stereocenters. The van der Waals surface area contributed by atoms with Crippen LogP contribution in [0.5, 0.6) is 0 Å². The number of halogens is 3. The molecule has 46 heavy (non-hydrogen) atoms. The Kier molecular flexibility index (Phi) is 7.35. The van der Waals surface area contributed by atoms with Gasteiger partial charge in [-0.15, -0.1) is 0 Å². The number of hydrogen-bond donors (Lipinski definition) is 0. The number of fused-ring (bicyclic) bond motifs is 2. The number of allylic oxidation sites excluding steroid dienone is 7. The van der Waals surface area contributed by atoms with Gasteiger partial charge in [0.05, 0.1) is 54.6 Å². The molecule has 10 heteroatoms. The summed E-state index contributed by atoms with van der Waals surface area (Å²) in [7, 11) is 0. The van der Waals surface area contributed by atoms with Gasteiger partial charge in [-0.3, -0.25) is 0 Å². The van der Waals surface area contributed by atoms with E-state index in [0.717, 1.165) is 23.3 Å². The Morgan fingerprint density at radius 3 is 1.74 bits per heavy atom. The normalized spacial score (nSPS) is 15.3. The number of nitriles is 4. The van der Waals surface area contributed by atoms with Gasteiger partial charge in [0.15, 0.2) is 0 Å². The number of hydrogen-bond acceptors (Lipinski definition) is 4. The highest BCUT2D eigenvalue weighted by atomic mass is 19.4. The Morgan fingerprint density at radius 2 is 1.24 bits per heavy atom. The van der Waals surface area contributed by atoms with Crippen LogP contribution in [-0.4, -0.2) is 0 Å². The van der Waals surface area contributed by atoms with Gasteiger partial charge in [0.1, 0.15) is 6.07 Å². The molecule has 0 aliphatic heterocycles. The maximum Gasteiger partial charge on any atom is 0.417 e. The number of benzene rings is 3. The van der Waals surface area contributed by atoms with Gasteiger partial charge in [0.25, 0.3) is 11.4 Å². The summed E-state index contributed by atoms with van der Waals surface area (Å²) in [6.07, 6.45) is -4.83. The highest BCUT2D eigenvalue weighted by Crippen LogP contribution is 2.55. The molecule has 0 saturated heterocycles. The summed E-state index contributed by atoms with van der Waals surface area (Å²) in [5, 5.41) is 39.8. The van der Waals surface area contributed by atoms with Crippen molar-refractivity contribution in [2.75, 3.05) is 0 Å². The minimum absolute atomic E-state index is 0.00429. The molecule has 0 spiro atoms. The zero-order valence-electron chi connectivity index (χ0n) is 23.9. The fourth-order valence-corrected chi connectivity index (χ4v) is 5.92. The van der Waals surface area contributed by atoms with Gasteiger partial charge in [0.2, 0.25) is 5.70 Å². The fraction of sp³-hybridized carbons (Fsp3) is 0.0833. The fourth-order valence-electron chi connectivity index (χ4n) is 5.92. The molecular weight excluding hydrogens is 587 g/mol. The van der Waals surface area contributed by atoms with E-state index in [1.807, 2.05) is 44.2 Å².